The molecule has 0 aliphatic rings. The van der Waals surface area contributed by atoms with Crippen LogP contribution in [-0.4, -0.2) is 18.4 Å². The van der Waals surface area contributed by atoms with Crippen LogP contribution in [0.3, 0.4) is 0 Å². The number of amides is 2. The van der Waals surface area contributed by atoms with Crippen molar-refractivity contribution in [1.82, 2.24) is 0 Å². The summed E-state index contributed by atoms with van der Waals surface area (Å²) in [6.45, 7) is -0.0982. The monoisotopic (exact) mass is 269 g/mol. The molecule has 0 saturated carbocycles. The number of Topliss-reactive ketones (excluding diaryl/α,β-unsaturated/α-hetero) is 1. The van der Waals surface area contributed by atoms with E-state index in [0.29, 0.717) is 16.9 Å². The minimum Gasteiger partial charge on any atom is -0.324 e. The van der Waals surface area contributed by atoms with Crippen molar-refractivity contribution >= 4 is 23.2 Å². The van der Waals surface area contributed by atoms with Crippen LogP contribution in [0.2, 0.25) is 0 Å². The second-order valence-corrected chi connectivity index (χ2v) is 4.12. The molecule has 0 bridgehead atoms. The standard InChI is InChI=1S/C15H15N3O2/c16-10-14(19)12-8-4-5-9-13(12)18-15(20)17-11-6-2-1-3-7-11/h1-9H,10,16H2,(H2,17,18,20). The van der Waals surface area contributed by atoms with Gasteiger partial charge in [-0.15, -0.1) is 0 Å². The van der Waals surface area contributed by atoms with Gasteiger partial charge in [-0.05, 0) is 24.3 Å². The maximum atomic E-state index is 11.9. The van der Waals surface area contributed by atoms with Crippen molar-refractivity contribution in [2.45, 2.75) is 0 Å². The zero-order valence-electron chi connectivity index (χ0n) is 10.8. The third-order valence-corrected chi connectivity index (χ3v) is 2.69. The van der Waals surface area contributed by atoms with E-state index >= 15 is 0 Å². The highest BCUT2D eigenvalue weighted by molar-refractivity contribution is 6.07. The lowest BCUT2D eigenvalue weighted by atomic mass is 10.1. The van der Waals surface area contributed by atoms with Crippen molar-refractivity contribution in [3.8, 4) is 0 Å². The Morgan fingerprint density at radius 3 is 2.25 bits per heavy atom. The quantitative estimate of drug-likeness (QED) is 0.745. The molecule has 5 nitrogen and oxygen atoms in total. The van der Waals surface area contributed by atoms with Crippen LogP contribution in [0.5, 0.6) is 0 Å². The van der Waals surface area contributed by atoms with Crippen LogP contribution in [0.1, 0.15) is 10.4 Å². The first kappa shape index (κ1) is 13.8. The summed E-state index contributed by atoms with van der Waals surface area (Å²) < 4.78 is 0. The lowest BCUT2D eigenvalue weighted by Crippen LogP contribution is -2.22. The number of carbonyl (C=O) groups is 2. The molecule has 4 N–H and O–H groups in total. The molecule has 0 radical (unpaired) electrons. The molecule has 0 aliphatic carbocycles. The summed E-state index contributed by atoms with van der Waals surface area (Å²) in [5, 5.41) is 5.33. The number of ketones is 1. The van der Waals surface area contributed by atoms with Gasteiger partial charge in [-0.25, -0.2) is 4.79 Å². The summed E-state index contributed by atoms with van der Waals surface area (Å²) in [5.74, 6) is -0.222. The Morgan fingerprint density at radius 2 is 1.55 bits per heavy atom. The third kappa shape index (κ3) is 3.43. The highest BCUT2D eigenvalue weighted by atomic mass is 16.2. The molecule has 2 amide bonds. The van der Waals surface area contributed by atoms with Crippen LogP contribution in [0.4, 0.5) is 16.2 Å². The number of urea groups is 1. The summed E-state index contributed by atoms with van der Waals surface area (Å²) in [6.07, 6.45) is 0. The minimum atomic E-state index is -0.409. The Balaban J connectivity index is 2.10. The van der Waals surface area contributed by atoms with Crippen LogP contribution in [0, 0.1) is 0 Å². The van der Waals surface area contributed by atoms with E-state index in [1.54, 1.807) is 36.4 Å². The van der Waals surface area contributed by atoms with Crippen molar-refractivity contribution in [3.05, 3.63) is 60.2 Å². The van der Waals surface area contributed by atoms with E-state index in [0.717, 1.165) is 0 Å². The lowest BCUT2D eigenvalue weighted by Gasteiger charge is -2.10. The van der Waals surface area contributed by atoms with Gasteiger partial charge < -0.3 is 16.4 Å². The number of hydrogen-bond donors (Lipinski definition) is 3. The van der Waals surface area contributed by atoms with Crippen molar-refractivity contribution in [2.24, 2.45) is 5.73 Å². The third-order valence-electron chi connectivity index (χ3n) is 2.69. The zero-order valence-corrected chi connectivity index (χ0v) is 10.8. The molecule has 0 spiro atoms. The molecule has 2 aromatic rings. The predicted molar refractivity (Wildman–Crippen MR) is 78.9 cm³/mol. The smallest absolute Gasteiger partial charge is 0.323 e. The van der Waals surface area contributed by atoms with Gasteiger partial charge in [0.15, 0.2) is 5.78 Å². The molecule has 2 aromatic carbocycles. The molecule has 0 heterocycles. The second kappa shape index (κ2) is 6.49. The van der Waals surface area contributed by atoms with Gasteiger partial charge in [0, 0.05) is 11.3 Å². The van der Waals surface area contributed by atoms with Gasteiger partial charge in [0.05, 0.1) is 12.2 Å². The summed E-state index contributed by atoms with van der Waals surface area (Å²) in [5.41, 5.74) is 6.87. The van der Waals surface area contributed by atoms with Crippen LogP contribution in [0.25, 0.3) is 0 Å². The zero-order chi connectivity index (χ0) is 14.4. The SMILES string of the molecule is NCC(=O)c1ccccc1NC(=O)Nc1ccccc1. The van der Waals surface area contributed by atoms with E-state index < -0.39 is 6.03 Å². The van der Waals surface area contributed by atoms with Gasteiger partial charge in [-0.3, -0.25) is 4.79 Å². The van der Waals surface area contributed by atoms with Crippen molar-refractivity contribution < 1.29 is 9.59 Å². The van der Waals surface area contributed by atoms with Gasteiger partial charge in [0.25, 0.3) is 0 Å². The fourth-order valence-corrected chi connectivity index (χ4v) is 1.75. The van der Waals surface area contributed by atoms with E-state index in [-0.39, 0.29) is 12.3 Å². The molecule has 102 valence electrons. The maximum absolute atomic E-state index is 11.9. The molecule has 0 atom stereocenters. The molecule has 0 unspecified atom stereocenters. The number of hydrogen-bond acceptors (Lipinski definition) is 3. The number of rotatable bonds is 4. The highest BCUT2D eigenvalue weighted by Crippen LogP contribution is 2.16. The van der Waals surface area contributed by atoms with Crippen molar-refractivity contribution in [1.29, 1.82) is 0 Å². The fraction of sp³-hybridized carbons (Fsp3) is 0.0667. The molecule has 0 fully saturated rings. The van der Waals surface area contributed by atoms with Crippen molar-refractivity contribution in [2.75, 3.05) is 17.2 Å². The number of anilines is 2. The van der Waals surface area contributed by atoms with Gasteiger partial charge in [-0.2, -0.15) is 0 Å². The Labute approximate surface area is 116 Å². The summed E-state index contributed by atoms with van der Waals surface area (Å²) in [7, 11) is 0. The van der Waals surface area contributed by atoms with E-state index in [2.05, 4.69) is 10.6 Å². The number of nitrogens with two attached hydrogens (primary N) is 1. The Hall–Kier alpha value is -2.66. The Bertz CT molecular complexity index is 612. The molecule has 0 aromatic heterocycles. The van der Waals surface area contributed by atoms with Gasteiger partial charge in [-0.1, -0.05) is 30.3 Å². The summed E-state index contributed by atoms with van der Waals surface area (Å²) >= 11 is 0. The normalized spacial score (nSPS) is 9.85. The lowest BCUT2D eigenvalue weighted by molar-refractivity contribution is 0.100. The van der Waals surface area contributed by atoms with Crippen molar-refractivity contribution in [3.63, 3.8) is 0 Å². The molecule has 0 saturated heterocycles. The van der Waals surface area contributed by atoms with E-state index in [1.807, 2.05) is 18.2 Å². The molecular formula is C15H15N3O2. The van der Waals surface area contributed by atoms with Crippen LogP contribution < -0.4 is 16.4 Å². The summed E-state index contributed by atoms with van der Waals surface area (Å²) in [4.78, 5) is 23.6. The first-order valence-electron chi connectivity index (χ1n) is 6.16. The first-order valence-corrected chi connectivity index (χ1v) is 6.16. The number of nitrogens with one attached hydrogen (secondary N) is 2. The van der Waals surface area contributed by atoms with Crippen LogP contribution in [0.15, 0.2) is 54.6 Å². The number of para-hydroxylation sites is 2. The maximum Gasteiger partial charge on any atom is 0.323 e. The summed E-state index contributed by atoms with van der Waals surface area (Å²) in [6, 6.07) is 15.4. The molecular weight excluding hydrogens is 254 g/mol. The minimum absolute atomic E-state index is 0.0982. The predicted octanol–water partition coefficient (Wildman–Crippen LogP) is 2.47. The molecule has 5 heteroatoms. The first-order chi connectivity index (χ1) is 9.70. The van der Waals surface area contributed by atoms with E-state index in [9.17, 15) is 9.59 Å². The van der Waals surface area contributed by atoms with Gasteiger partial charge in [0.2, 0.25) is 0 Å². The second-order valence-electron chi connectivity index (χ2n) is 4.12. The molecule has 2 rings (SSSR count). The van der Waals surface area contributed by atoms with E-state index in [1.165, 1.54) is 0 Å². The van der Waals surface area contributed by atoms with E-state index in [4.69, 9.17) is 5.73 Å². The van der Waals surface area contributed by atoms with Crippen LogP contribution >= 0.6 is 0 Å². The average Bonchev–Trinajstić information content (AvgIpc) is 2.48. The van der Waals surface area contributed by atoms with Gasteiger partial charge in [0.1, 0.15) is 0 Å². The largest absolute Gasteiger partial charge is 0.324 e. The highest BCUT2D eigenvalue weighted by Gasteiger charge is 2.11. The molecule has 20 heavy (non-hydrogen) atoms. The Morgan fingerprint density at radius 1 is 0.900 bits per heavy atom. The van der Waals surface area contributed by atoms with Crippen LogP contribution in [-0.2, 0) is 0 Å². The number of carbonyl (C=O) groups excluding carboxylic acids is 2. The average molecular weight is 269 g/mol. The Kier molecular flexibility index (Phi) is 4.47. The van der Waals surface area contributed by atoms with Gasteiger partial charge >= 0.3 is 6.03 Å². The number of benzene rings is 2. The molecule has 0 aliphatic heterocycles. The topological polar surface area (TPSA) is 84.2 Å². The fourth-order valence-electron chi connectivity index (χ4n) is 1.75.